The number of hydrogen-bond acceptors (Lipinski definition) is 5. The fourth-order valence-electron chi connectivity index (χ4n) is 2.12. The predicted molar refractivity (Wildman–Crippen MR) is 86.7 cm³/mol. The highest BCUT2D eigenvalue weighted by atomic mass is 16.5. The Morgan fingerprint density at radius 3 is 2.52 bits per heavy atom. The van der Waals surface area contributed by atoms with Gasteiger partial charge >= 0.3 is 0 Å². The lowest BCUT2D eigenvalue weighted by Gasteiger charge is -2.08. The lowest BCUT2D eigenvalue weighted by atomic mass is 10.3. The van der Waals surface area contributed by atoms with E-state index in [1.165, 1.54) is 0 Å². The van der Waals surface area contributed by atoms with Crippen LogP contribution in [0, 0.1) is 13.8 Å². The van der Waals surface area contributed by atoms with Crippen molar-refractivity contribution in [3.63, 3.8) is 0 Å². The van der Waals surface area contributed by atoms with E-state index in [1.807, 2.05) is 32.0 Å². The van der Waals surface area contributed by atoms with Crippen LogP contribution in [-0.4, -0.2) is 36.1 Å². The molecule has 0 bridgehead atoms. The quantitative estimate of drug-likeness (QED) is 0.844. The summed E-state index contributed by atoms with van der Waals surface area (Å²) >= 11 is 0. The van der Waals surface area contributed by atoms with Crippen LogP contribution in [0.1, 0.15) is 17.2 Å². The van der Waals surface area contributed by atoms with Gasteiger partial charge in [0.15, 0.2) is 6.61 Å². The highest BCUT2D eigenvalue weighted by Gasteiger charge is 2.05. The van der Waals surface area contributed by atoms with Crippen LogP contribution in [0.3, 0.4) is 0 Å². The van der Waals surface area contributed by atoms with E-state index in [0.717, 1.165) is 17.2 Å². The van der Waals surface area contributed by atoms with E-state index < -0.39 is 0 Å². The summed E-state index contributed by atoms with van der Waals surface area (Å²) in [6.07, 6.45) is 0.591. The van der Waals surface area contributed by atoms with Crippen LogP contribution in [-0.2, 0) is 11.2 Å². The van der Waals surface area contributed by atoms with E-state index in [2.05, 4.69) is 15.3 Å². The van der Waals surface area contributed by atoms with Crippen molar-refractivity contribution in [2.45, 2.75) is 20.3 Å². The highest BCUT2D eigenvalue weighted by molar-refractivity contribution is 5.77. The van der Waals surface area contributed by atoms with Gasteiger partial charge in [0, 0.05) is 30.4 Å². The van der Waals surface area contributed by atoms with Gasteiger partial charge in [-0.25, -0.2) is 9.97 Å². The fourth-order valence-corrected chi connectivity index (χ4v) is 2.12. The second kappa shape index (κ2) is 8.12. The number of aryl methyl sites for hydroxylation is 2. The first-order valence-electron chi connectivity index (χ1n) is 7.41. The Kier molecular flexibility index (Phi) is 5.91. The van der Waals surface area contributed by atoms with Crippen molar-refractivity contribution in [1.29, 1.82) is 0 Å². The summed E-state index contributed by atoms with van der Waals surface area (Å²) in [5, 5.41) is 2.79. The molecule has 0 aliphatic heterocycles. The zero-order chi connectivity index (χ0) is 16.7. The molecule has 1 aromatic heterocycles. The molecule has 1 heterocycles. The van der Waals surface area contributed by atoms with Gasteiger partial charge in [0.1, 0.15) is 17.3 Å². The molecule has 0 radical (unpaired) electrons. The Labute approximate surface area is 135 Å². The summed E-state index contributed by atoms with van der Waals surface area (Å²) in [5.41, 5.74) is 1.86. The number of nitrogens with zero attached hydrogens (tertiary/aromatic N) is 2. The summed E-state index contributed by atoms with van der Waals surface area (Å²) in [6.45, 7) is 4.29. The molecule has 1 amide bonds. The summed E-state index contributed by atoms with van der Waals surface area (Å²) in [7, 11) is 1.58. The third-order valence-electron chi connectivity index (χ3n) is 3.11. The molecule has 6 heteroatoms. The summed E-state index contributed by atoms with van der Waals surface area (Å²) in [5.74, 6) is 1.83. The van der Waals surface area contributed by atoms with Gasteiger partial charge in [-0.1, -0.05) is 6.07 Å². The van der Waals surface area contributed by atoms with E-state index in [0.29, 0.717) is 24.5 Å². The molecule has 0 unspecified atom stereocenters. The molecule has 0 aliphatic rings. The molecule has 23 heavy (non-hydrogen) atoms. The molecule has 0 fully saturated rings. The molecule has 1 aromatic carbocycles. The molecule has 0 saturated carbocycles. The first-order chi connectivity index (χ1) is 11.1. The van der Waals surface area contributed by atoms with Gasteiger partial charge < -0.3 is 14.8 Å². The van der Waals surface area contributed by atoms with Gasteiger partial charge in [-0.05, 0) is 32.0 Å². The lowest BCUT2D eigenvalue weighted by Crippen LogP contribution is -2.30. The molecule has 0 atom stereocenters. The van der Waals surface area contributed by atoms with E-state index in [4.69, 9.17) is 9.47 Å². The predicted octanol–water partition coefficient (Wildman–Crippen LogP) is 1.84. The van der Waals surface area contributed by atoms with Crippen LogP contribution in [0.4, 0.5) is 0 Å². The number of aromatic nitrogens is 2. The molecule has 0 saturated heterocycles. The van der Waals surface area contributed by atoms with Gasteiger partial charge in [-0.3, -0.25) is 4.79 Å². The topological polar surface area (TPSA) is 73.3 Å². The normalized spacial score (nSPS) is 10.2. The number of ether oxygens (including phenoxy) is 2. The van der Waals surface area contributed by atoms with Gasteiger partial charge in [-0.2, -0.15) is 0 Å². The van der Waals surface area contributed by atoms with Crippen molar-refractivity contribution < 1.29 is 14.3 Å². The molecular weight excluding hydrogens is 294 g/mol. The van der Waals surface area contributed by atoms with Crippen LogP contribution in [0.2, 0.25) is 0 Å². The SMILES string of the molecule is COc1cccc(OCC(=O)NCCc2nc(C)cc(C)n2)c1. The summed E-state index contributed by atoms with van der Waals surface area (Å²) in [6, 6.07) is 9.06. The van der Waals surface area contributed by atoms with Crippen molar-refractivity contribution in [3.8, 4) is 11.5 Å². The minimum Gasteiger partial charge on any atom is -0.497 e. The van der Waals surface area contributed by atoms with Crippen LogP contribution < -0.4 is 14.8 Å². The number of carbonyl (C=O) groups is 1. The Hall–Kier alpha value is -2.63. The largest absolute Gasteiger partial charge is 0.497 e. The first-order valence-corrected chi connectivity index (χ1v) is 7.41. The zero-order valence-corrected chi connectivity index (χ0v) is 13.6. The van der Waals surface area contributed by atoms with Gasteiger partial charge in [0.2, 0.25) is 0 Å². The standard InChI is InChI=1S/C17H21N3O3/c1-12-9-13(2)20-16(19-12)7-8-18-17(21)11-23-15-6-4-5-14(10-15)22-3/h4-6,9-10H,7-8,11H2,1-3H3,(H,18,21). The minimum atomic E-state index is -0.183. The molecule has 0 aliphatic carbocycles. The zero-order valence-electron chi connectivity index (χ0n) is 13.6. The van der Waals surface area contributed by atoms with Crippen LogP contribution >= 0.6 is 0 Å². The third kappa shape index (κ3) is 5.58. The Bertz CT molecular complexity index is 654. The number of hydrogen-bond donors (Lipinski definition) is 1. The van der Waals surface area contributed by atoms with Crippen molar-refractivity contribution in [2.75, 3.05) is 20.3 Å². The number of methoxy groups -OCH3 is 1. The molecule has 6 nitrogen and oxygen atoms in total. The maximum Gasteiger partial charge on any atom is 0.257 e. The van der Waals surface area contributed by atoms with Crippen molar-refractivity contribution >= 4 is 5.91 Å². The third-order valence-corrected chi connectivity index (χ3v) is 3.11. The molecular formula is C17H21N3O3. The van der Waals surface area contributed by atoms with Gasteiger partial charge in [-0.15, -0.1) is 0 Å². The molecule has 122 valence electrons. The maximum absolute atomic E-state index is 11.8. The van der Waals surface area contributed by atoms with Crippen molar-refractivity contribution in [2.24, 2.45) is 0 Å². The van der Waals surface area contributed by atoms with Gasteiger partial charge in [0.25, 0.3) is 5.91 Å². The second-order valence-corrected chi connectivity index (χ2v) is 5.13. The molecule has 2 aromatic rings. The van der Waals surface area contributed by atoms with Crippen LogP contribution in [0.25, 0.3) is 0 Å². The number of amides is 1. The summed E-state index contributed by atoms with van der Waals surface area (Å²) in [4.78, 5) is 20.5. The van der Waals surface area contributed by atoms with Crippen LogP contribution in [0.5, 0.6) is 11.5 Å². The summed E-state index contributed by atoms with van der Waals surface area (Å²) < 4.78 is 10.5. The van der Waals surface area contributed by atoms with E-state index in [1.54, 1.807) is 19.2 Å². The minimum absolute atomic E-state index is 0.0408. The Morgan fingerprint density at radius 2 is 1.83 bits per heavy atom. The fraction of sp³-hybridized carbons (Fsp3) is 0.353. The van der Waals surface area contributed by atoms with Crippen molar-refractivity contribution in [1.82, 2.24) is 15.3 Å². The highest BCUT2D eigenvalue weighted by Crippen LogP contribution is 2.18. The van der Waals surface area contributed by atoms with E-state index in [-0.39, 0.29) is 12.5 Å². The average molecular weight is 315 g/mol. The second-order valence-electron chi connectivity index (χ2n) is 5.13. The Morgan fingerprint density at radius 1 is 1.13 bits per heavy atom. The average Bonchev–Trinajstić information content (AvgIpc) is 2.52. The maximum atomic E-state index is 11.8. The number of carbonyl (C=O) groups excluding carboxylic acids is 1. The lowest BCUT2D eigenvalue weighted by molar-refractivity contribution is -0.123. The van der Waals surface area contributed by atoms with Crippen molar-refractivity contribution in [3.05, 3.63) is 47.5 Å². The molecule has 1 N–H and O–H groups in total. The van der Waals surface area contributed by atoms with E-state index in [9.17, 15) is 4.79 Å². The molecule has 0 spiro atoms. The number of rotatable bonds is 7. The van der Waals surface area contributed by atoms with Gasteiger partial charge in [0.05, 0.1) is 7.11 Å². The smallest absolute Gasteiger partial charge is 0.257 e. The number of nitrogens with one attached hydrogen (secondary N) is 1. The monoisotopic (exact) mass is 315 g/mol. The molecule has 2 rings (SSSR count). The first kappa shape index (κ1) is 16.7. The Balaban J connectivity index is 1.74. The van der Waals surface area contributed by atoms with Crippen LogP contribution in [0.15, 0.2) is 30.3 Å². The number of benzene rings is 1. The van der Waals surface area contributed by atoms with E-state index >= 15 is 0 Å².